The van der Waals surface area contributed by atoms with Crippen molar-refractivity contribution >= 4 is 17.5 Å². The van der Waals surface area contributed by atoms with E-state index in [9.17, 15) is 9.59 Å². The summed E-state index contributed by atoms with van der Waals surface area (Å²) in [5.74, 6) is -0.226. The summed E-state index contributed by atoms with van der Waals surface area (Å²) in [6, 6.07) is 10.8. The largest absolute Gasteiger partial charge is 0.348 e. The molecule has 1 saturated heterocycles. The number of carbonyl (C=O) groups excluding carboxylic acids is 2. The van der Waals surface area contributed by atoms with E-state index < -0.39 is 0 Å². The number of benzene rings is 1. The zero-order valence-electron chi connectivity index (χ0n) is 14.9. The van der Waals surface area contributed by atoms with Crippen molar-refractivity contribution < 1.29 is 9.59 Å². The number of carbonyl (C=O) groups is 2. The number of pyridine rings is 1. The first-order chi connectivity index (χ1) is 12.6. The molecule has 2 heterocycles. The van der Waals surface area contributed by atoms with Gasteiger partial charge in [-0.1, -0.05) is 18.2 Å². The van der Waals surface area contributed by atoms with Crippen molar-refractivity contribution in [3.63, 3.8) is 0 Å². The van der Waals surface area contributed by atoms with E-state index in [2.05, 4.69) is 27.6 Å². The van der Waals surface area contributed by atoms with Crippen molar-refractivity contribution in [2.45, 2.75) is 19.4 Å². The Labute approximate surface area is 153 Å². The van der Waals surface area contributed by atoms with Gasteiger partial charge >= 0.3 is 0 Å². The summed E-state index contributed by atoms with van der Waals surface area (Å²) in [5.41, 5.74) is 1.95. The van der Waals surface area contributed by atoms with Crippen LogP contribution in [0.25, 0.3) is 0 Å². The third kappa shape index (κ3) is 4.67. The van der Waals surface area contributed by atoms with Gasteiger partial charge in [0.1, 0.15) is 0 Å². The van der Waals surface area contributed by atoms with Crippen molar-refractivity contribution in [3.8, 4) is 0 Å². The van der Waals surface area contributed by atoms with Crippen LogP contribution in [-0.2, 0) is 11.3 Å². The number of hydrogen-bond donors (Lipinski definition) is 2. The van der Waals surface area contributed by atoms with Gasteiger partial charge in [-0.25, -0.2) is 0 Å². The molecule has 136 valence electrons. The van der Waals surface area contributed by atoms with E-state index >= 15 is 0 Å². The Morgan fingerprint density at radius 1 is 1.15 bits per heavy atom. The highest BCUT2D eigenvalue weighted by Crippen LogP contribution is 2.21. The molecule has 1 aliphatic rings. The van der Waals surface area contributed by atoms with Crippen molar-refractivity contribution in [2.75, 3.05) is 25.5 Å². The van der Waals surface area contributed by atoms with Crippen LogP contribution in [0.3, 0.4) is 0 Å². The standard InChI is InChI=1S/C20H24N4O2/c1-24-11-8-16(9-12-24)19(25)23-18-7-3-2-6-17(18)20(26)22-14-15-5-4-10-21-13-15/h2-7,10,13,16H,8-9,11-12,14H2,1H3,(H,22,26)(H,23,25). The van der Waals surface area contributed by atoms with Crippen LogP contribution in [0.1, 0.15) is 28.8 Å². The zero-order valence-corrected chi connectivity index (χ0v) is 14.9. The van der Waals surface area contributed by atoms with E-state index in [0.717, 1.165) is 31.5 Å². The van der Waals surface area contributed by atoms with E-state index in [1.54, 1.807) is 30.6 Å². The molecule has 1 aromatic heterocycles. The number of amides is 2. The second kappa shape index (κ2) is 8.58. The van der Waals surface area contributed by atoms with Crippen LogP contribution in [0.15, 0.2) is 48.8 Å². The molecule has 6 nitrogen and oxygen atoms in total. The lowest BCUT2D eigenvalue weighted by atomic mass is 9.96. The smallest absolute Gasteiger partial charge is 0.253 e. The molecule has 3 rings (SSSR count). The normalized spacial score (nSPS) is 15.4. The maximum atomic E-state index is 12.6. The molecule has 26 heavy (non-hydrogen) atoms. The highest BCUT2D eigenvalue weighted by molar-refractivity contribution is 6.04. The molecule has 0 radical (unpaired) electrons. The van der Waals surface area contributed by atoms with Crippen LogP contribution in [-0.4, -0.2) is 41.8 Å². The molecule has 0 bridgehead atoms. The topological polar surface area (TPSA) is 74.3 Å². The Bertz CT molecular complexity index is 755. The molecule has 0 spiro atoms. The third-order valence-electron chi connectivity index (χ3n) is 4.69. The fraction of sp³-hybridized carbons (Fsp3) is 0.350. The number of nitrogens with one attached hydrogen (secondary N) is 2. The first-order valence-electron chi connectivity index (χ1n) is 8.89. The van der Waals surface area contributed by atoms with Crippen molar-refractivity contribution in [1.82, 2.24) is 15.2 Å². The van der Waals surface area contributed by atoms with Crippen LogP contribution in [0, 0.1) is 5.92 Å². The highest BCUT2D eigenvalue weighted by atomic mass is 16.2. The van der Waals surface area contributed by atoms with Gasteiger partial charge in [-0.15, -0.1) is 0 Å². The van der Waals surface area contributed by atoms with Gasteiger partial charge < -0.3 is 15.5 Å². The molecule has 2 amide bonds. The number of rotatable bonds is 5. The molecule has 1 aromatic carbocycles. The number of anilines is 1. The predicted octanol–water partition coefficient (Wildman–Crippen LogP) is 2.29. The second-order valence-corrected chi connectivity index (χ2v) is 6.66. The van der Waals surface area contributed by atoms with Crippen molar-refractivity contribution in [3.05, 3.63) is 59.9 Å². The molecule has 6 heteroatoms. The molecule has 0 unspecified atom stereocenters. The third-order valence-corrected chi connectivity index (χ3v) is 4.69. The number of nitrogens with zero attached hydrogens (tertiary/aromatic N) is 2. The van der Waals surface area contributed by atoms with E-state index in [0.29, 0.717) is 17.8 Å². The number of aromatic nitrogens is 1. The molecule has 1 aliphatic heterocycles. The first-order valence-corrected chi connectivity index (χ1v) is 8.89. The average Bonchev–Trinajstić information content (AvgIpc) is 2.68. The Morgan fingerprint density at radius 2 is 1.92 bits per heavy atom. The van der Waals surface area contributed by atoms with Gasteiger partial charge in [-0.2, -0.15) is 0 Å². The molecule has 0 atom stereocenters. The number of likely N-dealkylation sites (tertiary alicyclic amines) is 1. The number of para-hydroxylation sites is 1. The Balaban J connectivity index is 1.63. The number of hydrogen-bond acceptors (Lipinski definition) is 4. The van der Waals surface area contributed by atoms with Crippen molar-refractivity contribution in [2.24, 2.45) is 5.92 Å². The summed E-state index contributed by atoms with van der Waals surface area (Å²) >= 11 is 0. The molecule has 2 N–H and O–H groups in total. The lowest BCUT2D eigenvalue weighted by Crippen LogP contribution is -2.36. The van der Waals surface area contributed by atoms with Gasteiger partial charge in [-0.3, -0.25) is 14.6 Å². The Kier molecular flexibility index (Phi) is 5.96. The first kappa shape index (κ1) is 18.1. The quantitative estimate of drug-likeness (QED) is 0.866. The minimum Gasteiger partial charge on any atom is -0.348 e. The lowest BCUT2D eigenvalue weighted by molar-refractivity contribution is -0.121. The van der Waals surface area contributed by atoms with Crippen LogP contribution in [0.2, 0.25) is 0 Å². The minimum atomic E-state index is -0.215. The maximum Gasteiger partial charge on any atom is 0.253 e. The highest BCUT2D eigenvalue weighted by Gasteiger charge is 2.24. The molecule has 1 fully saturated rings. The van der Waals surface area contributed by atoms with Crippen LogP contribution in [0.5, 0.6) is 0 Å². The van der Waals surface area contributed by atoms with E-state index in [-0.39, 0.29) is 17.7 Å². The van der Waals surface area contributed by atoms with Gasteiger partial charge in [0, 0.05) is 24.9 Å². The second-order valence-electron chi connectivity index (χ2n) is 6.66. The fourth-order valence-corrected chi connectivity index (χ4v) is 3.08. The summed E-state index contributed by atoms with van der Waals surface area (Å²) in [6.45, 7) is 2.24. The van der Waals surface area contributed by atoms with Gasteiger partial charge in [0.05, 0.1) is 11.3 Å². The van der Waals surface area contributed by atoms with E-state index in [4.69, 9.17) is 0 Å². The summed E-state index contributed by atoms with van der Waals surface area (Å²) in [6.07, 6.45) is 5.10. The van der Waals surface area contributed by atoms with Crippen LogP contribution in [0.4, 0.5) is 5.69 Å². The van der Waals surface area contributed by atoms with Gasteiger partial charge in [0.25, 0.3) is 5.91 Å². The number of piperidine rings is 1. The van der Waals surface area contributed by atoms with E-state index in [1.807, 2.05) is 18.2 Å². The molecular formula is C20H24N4O2. The summed E-state index contributed by atoms with van der Waals surface area (Å²) in [7, 11) is 2.07. The predicted molar refractivity (Wildman–Crippen MR) is 101 cm³/mol. The minimum absolute atomic E-state index is 0.00212. The van der Waals surface area contributed by atoms with Crippen LogP contribution >= 0.6 is 0 Å². The van der Waals surface area contributed by atoms with Crippen molar-refractivity contribution in [1.29, 1.82) is 0 Å². The Hall–Kier alpha value is -2.73. The van der Waals surface area contributed by atoms with Gasteiger partial charge in [0.15, 0.2) is 0 Å². The average molecular weight is 352 g/mol. The monoisotopic (exact) mass is 352 g/mol. The van der Waals surface area contributed by atoms with Crippen LogP contribution < -0.4 is 10.6 Å². The fourth-order valence-electron chi connectivity index (χ4n) is 3.08. The molecule has 2 aromatic rings. The molecule has 0 saturated carbocycles. The van der Waals surface area contributed by atoms with Gasteiger partial charge in [-0.05, 0) is 56.7 Å². The SMILES string of the molecule is CN1CCC(C(=O)Nc2ccccc2C(=O)NCc2cccnc2)CC1. The van der Waals surface area contributed by atoms with Gasteiger partial charge in [0.2, 0.25) is 5.91 Å². The zero-order chi connectivity index (χ0) is 18.4. The summed E-state index contributed by atoms with van der Waals surface area (Å²) in [5, 5.41) is 5.82. The van der Waals surface area contributed by atoms with E-state index in [1.165, 1.54) is 0 Å². The Morgan fingerprint density at radius 3 is 2.65 bits per heavy atom. The molecular weight excluding hydrogens is 328 g/mol. The summed E-state index contributed by atoms with van der Waals surface area (Å²) < 4.78 is 0. The lowest BCUT2D eigenvalue weighted by Gasteiger charge is -2.28. The molecule has 0 aliphatic carbocycles. The maximum absolute atomic E-state index is 12.6. The summed E-state index contributed by atoms with van der Waals surface area (Å²) in [4.78, 5) is 31.4.